The van der Waals surface area contributed by atoms with Crippen molar-refractivity contribution in [3.63, 3.8) is 0 Å². The Balaban J connectivity index is 2.27. The number of aliphatic hydroxyl groups excluding tert-OH is 1. The van der Waals surface area contributed by atoms with Gasteiger partial charge in [-0.3, -0.25) is 10.1 Å². The zero-order valence-electron chi connectivity index (χ0n) is 11.5. The molecular formula is C15H15NO5. The lowest BCUT2D eigenvalue weighted by Crippen LogP contribution is -1.98. The summed E-state index contributed by atoms with van der Waals surface area (Å²) in [5.74, 6) is 1.13. The zero-order valence-corrected chi connectivity index (χ0v) is 11.5. The van der Waals surface area contributed by atoms with Crippen molar-refractivity contribution >= 4 is 5.69 Å². The summed E-state index contributed by atoms with van der Waals surface area (Å²) < 4.78 is 10.9. The Morgan fingerprint density at radius 3 is 2.62 bits per heavy atom. The van der Waals surface area contributed by atoms with E-state index >= 15 is 0 Å². The van der Waals surface area contributed by atoms with Crippen molar-refractivity contribution in [3.8, 4) is 17.2 Å². The summed E-state index contributed by atoms with van der Waals surface area (Å²) in [6.45, 7) is 1.99. The van der Waals surface area contributed by atoms with Crippen LogP contribution in [-0.4, -0.2) is 16.6 Å². The van der Waals surface area contributed by atoms with E-state index < -0.39 is 4.92 Å². The van der Waals surface area contributed by atoms with Gasteiger partial charge in [-0.15, -0.1) is 0 Å². The van der Waals surface area contributed by atoms with Crippen LogP contribution in [-0.2, 0) is 6.61 Å². The molecule has 2 aromatic carbocycles. The van der Waals surface area contributed by atoms with Gasteiger partial charge in [0.15, 0.2) is 0 Å². The van der Waals surface area contributed by atoms with Crippen LogP contribution in [0, 0.1) is 10.1 Å². The summed E-state index contributed by atoms with van der Waals surface area (Å²) in [7, 11) is 0. The van der Waals surface area contributed by atoms with Gasteiger partial charge in [-0.1, -0.05) is 12.1 Å². The highest BCUT2D eigenvalue weighted by atomic mass is 16.6. The molecule has 0 heterocycles. The molecule has 0 radical (unpaired) electrons. The van der Waals surface area contributed by atoms with Crippen LogP contribution >= 0.6 is 0 Å². The second-order valence-corrected chi connectivity index (χ2v) is 4.23. The van der Waals surface area contributed by atoms with Crippen LogP contribution in [0.25, 0.3) is 0 Å². The predicted molar refractivity (Wildman–Crippen MR) is 76.7 cm³/mol. The first-order valence-electron chi connectivity index (χ1n) is 6.43. The minimum absolute atomic E-state index is 0.0817. The van der Waals surface area contributed by atoms with Crippen molar-refractivity contribution < 1.29 is 19.5 Å². The summed E-state index contributed by atoms with van der Waals surface area (Å²) in [6.07, 6.45) is 0. The van der Waals surface area contributed by atoms with E-state index in [9.17, 15) is 10.1 Å². The lowest BCUT2D eigenvalue weighted by atomic mass is 10.2. The number of aliphatic hydroxyl groups is 1. The Hall–Kier alpha value is -2.60. The van der Waals surface area contributed by atoms with E-state index in [4.69, 9.17) is 14.6 Å². The van der Waals surface area contributed by atoms with Crippen LogP contribution in [0.2, 0.25) is 0 Å². The third-order valence-corrected chi connectivity index (χ3v) is 2.74. The van der Waals surface area contributed by atoms with E-state index in [1.807, 2.05) is 0 Å². The van der Waals surface area contributed by atoms with Gasteiger partial charge in [0.1, 0.15) is 11.5 Å². The number of nitrogens with zero attached hydrogens (tertiary/aromatic N) is 1. The maximum atomic E-state index is 10.9. The van der Waals surface area contributed by atoms with Crippen LogP contribution in [0.5, 0.6) is 17.2 Å². The molecule has 0 saturated heterocycles. The van der Waals surface area contributed by atoms with E-state index in [-0.39, 0.29) is 18.0 Å². The molecule has 2 rings (SSSR count). The van der Waals surface area contributed by atoms with Gasteiger partial charge in [0, 0.05) is 12.1 Å². The Morgan fingerprint density at radius 2 is 1.95 bits per heavy atom. The largest absolute Gasteiger partial charge is 0.487 e. The van der Waals surface area contributed by atoms with Gasteiger partial charge in [0.05, 0.1) is 18.1 Å². The average molecular weight is 289 g/mol. The smallest absolute Gasteiger partial charge is 0.311 e. The number of rotatable bonds is 6. The van der Waals surface area contributed by atoms with E-state index in [1.165, 1.54) is 18.2 Å². The maximum absolute atomic E-state index is 10.9. The van der Waals surface area contributed by atoms with Crippen molar-refractivity contribution in [2.24, 2.45) is 0 Å². The summed E-state index contributed by atoms with van der Waals surface area (Å²) in [5.41, 5.74) is 0.618. The Kier molecular flexibility index (Phi) is 4.73. The molecule has 6 heteroatoms. The summed E-state index contributed by atoms with van der Waals surface area (Å²) in [5, 5.41) is 20.0. The number of nitro groups is 1. The van der Waals surface area contributed by atoms with Crippen LogP contribution in [0.1, 0.15) is 12.5 Å². The van der Waals surface area contributed by atoms with Gasteiger partial charge in [0.25, 0.3) is 0 Å². The Bertz CT molecular complexity index is 642. The molecule has 2 aromatic rings. The molecule has 110 valence electrons. The van der Waals surface area contributed by atoms with Gasteiger partial charge in [-0.25, -0.2) is 0 Å². The number of nitro benzene ring substituents is 1. The number of hydrogen-bond acceptors (Lipinski definition) is 5. The van der Waals surface area contributed by atoms with Crippen molar-refractivity contribution in [1.82, 2.24) is 0 Å². The summed E-state index contributed by atoms with van der Waals surface area (Å²) in [6, 6.07) is 11.3. The quantitative estimate of drug-likeness (QED) is 0.652. The van der Waals surface area contributed by atoms with Crippen LogP contribution < -0.4 is 9.47 Å². The monoisotopic (exact) mass is 289 g/mol. The molecule has 0 aliphatic heterocycles. The molecule has 0 saturated carbocycles. The van der Waals surface area contributed by atoms with Gasteiger partial charge in [0.2, 0.25) is 5.75 Å². The fraction of sp³-hybridized carbons (Fsp3) is 0.200. The lowest BCUT2D eigenvalue weighted by Gasteiger charge is -2.09. The lowest BCUT2D eigenvalue weighted by molar-refractivity contribution is -0.385. The van der Waals surface area contributed by atoms with Crippen molar-refractivity contribution in [2.75, 3.05) is 6.61 Å². The highest BCUT2D eigenvalue weighted by Crippen LogP contribution is 2.33. The molecule has 0 spiro atoms. The second kappa shape index (κ2) is 6.71. The Labute approximate surface area is 121 Å². The molecule has 0 atom stereocenters. The molecular weight excluding hydrogens is 274 g/mol. The molecule has 0 unspecified atom stereocenters. The molecule has 0 aliphatic rings. The minimum Gasteiger partial charge on any atom is -0.487 e. The van der Waals surface area contributed by atoms with Crippen LogP contribution in [0.3, 0.4) is 0 Å². The first-order valence-corrected chi connectivity index (χ1v) is 6.43. The van der Waals surface area contributed by atoms with Crippen molar-refractivity contribution in [1.29, 1.82) is 0 Å². The minimum atomic E-state index is -0.499. The second-order valence-electron chi connectivity index (χ2n) is 4.23. The summed E-state index contributed by atoms with van der Waals surface area (Å²) in [4.78, 5) is 10.4. The predicted octanol–water partition coefficient (Wildman–Crippen LogP) is 3.28. The molecule has 0 bridgehead atoms. The molecule has 6 nitrogen and oxygen atoms in total. The molecule has 0 aromatic heterocycles. The number of benzene rings is 2. The van der Waals surface area contributed by atoms with Crippen molar-refractivity contribution in [2.45, 2.75) is 13.5 Å². The van der Waals surface area contributed by atoms with Crippen LogP contribution in [0.4, 0.5) is 5.69 Å². The third kappa shape index (κ3) is 3.70. The summed E-state index contributed by atoms with van der Waals surface area (Å²) >= 11 is 0. The topological polar surface area (TPSA) is 81.8 Å². The van der Waals surface area contributed by atoms with Gasteiger partial charge < -0.3 is 14.6 Å². The third-order valence-electron chi connectivity index (χ3n) is 2.74. The van der Waals surface area contributed by atoms with Gasteiger partial charge >= 0.3 is 5.69 Å². The first kappa shape index (κ1) is 14.8. The fourth-order valence-corrected chi connectivity index (χ4v) is 1.82. The van der Waals surface area contributed by atoms with E-state index in [0.29, 0.717) is 18.1 Å². The maximum Gasteiger partial charge on any atom is 0.311 e. The van der Waals surface area contributed by atoms with Crippen molar-refractivity contribution in [3.05, 3.63) is 58.1 Å². The average Bonchev–Trinajstić information content (AvgIpc) is 2.48. The fourth-order valence-electron chi connectivity index (χ4n) is 1.82. The normalized spacial score (nSPS) is 10.2. The SMILES string of the molecule is CCOc1cc(Oc2cccc(CO)c2)ccc1[N+](=O)[O-]. The van der Waals surface area contributed by atoms with E-state index in [1.54, 1.807) is 31.2 Å². The zero-order chi connectivity index (χ0) is 15.2. The number of ether oxygens (including phenoxy) is 2. The van der Waals surface area contributed by atoms with E-state index in [0.717, 1.165) is 5.56 Å². The van der Waals surface area contributed by atoms with Gasteiger partial charge in [-0.2, -0.15) is 0 Å². The highest BCUT2D eigenvalue weighted by Gasteiger charge is 2.16. The standard InChI is InChI=1S/C15H15NO5/c1-2-20-15-9-13(6-7-14(15)16(18)19)21-12-5-3-4-11(8-12)10-17/h3-9,17H,2,10H2,1H3. The highest BCUT2D eigenvalue weighted by molar-refractivity contribution is 5.51. The molecule has 0 aliphatic carbocycles. The molecule has 1 N–H and O–H groups in total. The number of hydrogen-bond donors (Lipinski definition) is 1. The molecule has 0 amide bonds. The molecule has 0 fully saturated rings. The van der Waals surface area contributed by atoms with Crippen LogP contribution in [0.15, 0.2) is 42.5 Å². The molecule has 21 heavy (non-hydrogen) atoms. The first-order chi connectivity index (χ1) is 10.1. The van der Waals surface area contributed by atoms with E-state index in [2.05, 4.69) is 0 Å². The Morgan fingerprint density at radius 1 is 1.19 bits per heavy atom. The van der Waals surface area contributed by atoms with Gasteiger partial charge in [-0.05, 0) is 30.7 Å².